The maximum absolute atomic E-state index is 13.5. The number of anilines is 1. The highest BCUT2D eigenvalue weighted by Gasteiger charge is 2.21. The lowest BCUT2D eigenvalue weighted by Crippen LogP contribution is -2.49. The zero-order valence-electron chi connectivity index (χ0n) is 28.7. The number of hydrogen-bond acceptors (Lipinski definition) is 9. The largest absolute Gasteiger partial charge is 0.459 e. The number of pyridine rings is 1. The van der Waals surface area contributed by atoms with Crippen molar-refractivity contribution >= 4 is 33.1 Å². The third-order valence-electron chi connectivity index (χ3n) is 8.28. The van der Waals surface area contributed by atoms with Gasteiger partial charge in [0.1, 0.15) is 0 Å². The number of amides is 3. The van der Waals surface area contributed by atoms with Crippen molar-refractivity contribution in [3.63, 3.8) is 0 Å². The molecular weight excluding hydrogens is 671 g/mol. The molecule has 51 heavy (non-hydrogen) atoms. The van der Waals surface area contributed by atoms with Crippen molar-refractivity contribution in [1.82, 2.24) is 14.8 Å². The van der Waals surface area contributed by atoms with Gasteiger partial charge in [-0.2, -0.15) is 4.36 Å². The fraction of sp³-hybridized carbons (Fsp3) is 0.316. The van der Waals surface area contributed by atoms with E-state index < -0.39 is 15.6 Å². The highest BCUT2D eigenvalue weighted by atomic mass is 32.2. The molecule has 0 radical (unpaired) electrons. The molecule has 1 fully saturated rings. The predicted molar refractivity (Wildman–Crippen MR) is 193 cm³/mol. The van der Waals surface area contributed by atoms with Crippen LogP contribution >= 0.6 is 0 Å². The molecule has 4 aromatic rings. The van der Waals surface area contributed by atoms with Crippen LogP contribution in [0.25, 0.3) is 0 Å². The number of aliphatic hydroxyl groups excluding tert-OH is 1. The number of aryl methyl sites for hydroxylation is 2. The van der Waals surface area contributed by atoms with Gasteiger partial charge in [-0.05, 0) is 61.4 Å². The number of carbonyl (C=O) groups is 3. The maximum atomic E-state index is 13.5. The summed E-state index contributed by atoms with van der Waals surface area (Å²) in [7, 11) is -3.07. The van der Waals surface area contributed by atoms with Crippen LogP contribution in [0.5, 0.6) is 0 Å². The number of rotatable bonds is 12. The Hall–Kier alpha value is -5.13. The average molecular weight is 712 g/mol. The number of piperazine rings is 1. The van der Waals surface area contributed by atoms with Crippen molar-refractivity contribution in [2.24, 2.45) is 4.36 Å². The van der Waals surface area contributed by atoms with Crippen LogP contribution in [0.4, 0.5) is 5.69 Å². The van der Waals surface area contributed by atoms with Crippen molar-refractivity contribution in [3.8, 4) is 11.8 Å². The van der Waals surface area contributed by atoms with Gasteiger partial charge in [-0.25, -0.2) is 4.21 Å². The third-order valence-corrected chi connectivity index (χ3v) is 9.94. The molecule has 2 aromatic heterocycles. The first-order valence-corrected chi connectivity index (χ1v) is 18.5. The van der Waals surface area contributed by atoms with Crippen molar-refractivity contribution in [1.29, 1.82) is 0 Å². The summed E-state index contributed by atoms with van der Waals surface area (Å²) in [6.45, 7) is 6.38. The SMILES string of the molecule is Cc1ccoc1C(=O)Nc1cccc(C#Cc2cncc(C(=O)N=S(C)(=O)c3ccc(CCC(=O)N4CCN(CCOCCO)CC4)cc3)c2)c1. The van der Waals surface area contributed by atoms with Crippen molar-refractivity contribution in [2.45, 2.75) is 24.7 Å². The van der Waals surface area contributed by atoms with E-state index in [1.807, 2.05) is 17.0 Å². The highest BCUT2D eigenvalue weighted by molar-refractivity contribution is 7.93. The highest BCUT2D eigenvalue weighted by Crippen LogP contribution is 2.18. The summed E-state index contributed by atoms with van der Waals surface area (Å²) in [5.74, 6) is 5.28. The van der Waals surface area contributed by atoms with E-state index in [0.717, 1.165) is 30.8 Å². The maximum Gasteiger partial charge on any atom is 0.291 e. The number of aromatic nitrogens is 1. The smallest absolute Gasteiger partial charge is 0.291 e. The number of ether oxygens (including phenoxy) is 1. The van der Waals surface area contributed by atoms with E-state index in [0.29, 0.717) is 60.9 Å². The van der Waals surface area contributed by atoms with E-state index in [9.17, 15) is 18.6 Å². The molecule has 0 saturated carbocycles. The lowest BCUT2D eigenvalue weighted by atomic mass is 10.1. The molecule has 3 heterocycles. The van der Waals surface area contributed by atoms with Crippen LogP contribution < -0.4 is 5.32 Å². The number of furan rings is 1. The first-order chi connectivity index (χ1) is 24.6. The lowest BCUT2D eigenvalue weighted by Gasteiger charge is -2.34. The zero-order chi connectivity index (χ0) is 36.2. The molecule has 0 spiro atoms. The van der Waals surface area contributed by atoms with Gasteiger partial charge in [-0.3, -0.25) is 24.3 Å². The number of hydrogen-bond donors (Lipinski definition) is 2. The average Bonchev–Trinajstić information content (AvgIpc) is 3.58. The minimum atomic E-state index is -3.07. The fourth-order valence-corrected chi connectivity index (χ4v) is 6.57. The zero-order valence-corrected chi connectivity index (χ0v) is 29.5. The molecule has 3 amide bonds. The van der Waals surface area contributed by atoms with Crippen molar-refractivity contribution < 1.29 is 32.9 Å². The molecule has 0 bridgehead atoms. The van der Waals surface area contributed by atoms with Crippen molar-refractivity contribution in [3.05, 3.63) is 113 Å². The lowest BCUT2D eigenvalue weighted by molar-refractivity contribution is -0.133. The summed E-state index contributed by atoms with van der Waals surface area (Å²) < 4.78 is 28.1. The monoisotopic (exact) mass is 711 g/mol. The summed E-state index contributed by atoms with van der Waals surface area (Å²) in [4.78, 5) is 47.1. The van der Waals surface area contributed by atoms with Crippen LogP contribution in [0.2, 0.25) is 0 Å². The van der Waals surface area contributed by atoms with Gasteiger partial charge >= 0.3 is 0 Å². The number of carbonyl (C=O) groups excluding carboxylic acids is 3. The molecule has 0 aliphatic carbocycles. The molecule has 13 heteroatoms. The van der Waals surface area contributed by atoms with E-state index in [1.54, 1.807) is 55.5 Å². The predicted octanol–water partition coefficient (Wildman–Crippen LogP) is 4.02. The first kappa shape index (κ1) is 37.1. The van der Waals surface area contributed by atoms with E-state index in [4.69, 9.17) is 14.3 Å². The Labute approximate surface area is 298 Å². The minimum absolute atomic E-state index is 0.0136. The Morgan fingerprint density at radius 1 is 1.00 bits per heavy atom. The summed E-state index contributed by atoms with van der Waals surface area (Å²) >= 11 is 0. The molecule has 266 valence electrons. The van der Waals surface area contributed by atoms with Crippen molar-refractivity contribution in [2.75, 3.05) is 64.1 Å². The Balaban J connectivity index is 1.15. The number of nitrogens with zero attached hydrogens (tertiary/aromatic N) is 4. The quantitative estimate of drug-likeness (QED) is 0.164. The van der Waals surface area contributed by atoms with E-state index in [1.165, 1.54) is 24.9 Å². The van der Waals surface area contributed by atoms with Crippen LogP contribution in [0.15, 0.2) is 93.0 Å². The Morgan fingerprint density at radius 3 is 2.49 bits per heavy atom. The summed E-state index contributed by atoms with van der Waals surface area (Å²) in [6.07, 6.45) is 6.65. The van der Waals surface area contributed by atoms with E-state index >= 15 is 0 Å². The molecule has 1 unspecified atom stereocenters. The molecule has 2 aromatic carbocycles. The van der Waals surface area contributed by atoms with Gasteiger partial charge in [-0.1, -0.05) is 30.0 Å². The molecule has 2 N–H and O–H groups in total. The number of benzene rings is 2. The molecule has 12 nitrogen and oxygen atoms in total. The Kier molecular flexibility index (Phi) is 12.9. The van der Waals surface area contributed by atoms with Crippen LogP contribution in [0.3, 0.4) is 0 Å². The molecule has 1 saturated heterocycles. The van der Waals surface area contributed by atoms with Gasteiger partial charge in [0.25, 0.3) is 11.8 Å². The van der Waals surface area contributed by atoms with Crippen LogP contribution in [-0.2, 0) is 25.7 Å². The molecular formula is C38H41N5O7S. The van der Waals surface area contributed by atoms with Crippen LogP contribution in [0.1, 0.15) is 49.6 Å². The van der Waals surface area contributed by atoms with Crippen LogP contribution in [0, 0.1) is 18.8 Å². The molecule has 5 rings (SSSR count). The number of nitrogens with one attached hydrogen (secondary N) is 1. The second-order valence-electron chi connectivity index (χ2n) is 12.1. The second kappa shape index (κ2) is 17.7. The summed E-state index contributed by atoms with van der Waals surface area (Å²) in [6, 6.07) is 17.3. The van der Waals surface area contributed by atoms with E-state index in [2.05, 4.69) is 31.4 Å². The van der Waals surface area contributed by atoms with Gasteiger partial charge < -0.3 is 24.5 Å². The molecule has 1 aliphatic rings. The Morgan fingerprint density at radius 2 is 1.76 bits per heavy atom. The normalized spacial score (nSPS) is 14.2. The molecule has 1 atom stereocenters. The summed E-state index contributed by atoms with van der Waals surface area (Å²) in [5.41, 5.74) is 3.44. The van der Waals surface area contributed by atoms with Gasteiger partial charge in [0.2, 0.25) is 5.91 Å². The minimum Gasteiger partial charge on any atom is -0.459 e. The summed E-state index contributed by atoms with van der Waals surface area (Å²) in [5, 5.41) is 11.6. The van der Waals surface area contributed by atoms with Gasteiger partial charge in [-0.15, -0.1) is 0 Å². The topological polar surface area (TPSA) is 155 Å². The van der Waals surface area contributed by atoms with E-state index in [-0.39, 0.29) is 29.7 Å². The second-order valence-corrected chi connectivity index (χ2v) is 14.3. The number of aliphatic hydroxyl groups is 1. The molecule has 1 aliphatic heterocycles. The Bertz CT molecular complexity index is 2030. The van der Waals surface area contributed by atoms with Gasteiger partial charge in [0, 0.05) is 85.1 Å². The third kappa shape index (κ3) is 10.7. The first-order valence-electron chi connectivity index (χ1n) is 16.6. The van der Waals surface area contributed by atoms with Crippen LogP contribution in [-0.4, -0.2) is 101 Å². The standard InChI is InChI=1S/C38H41N5O7S/c1-28-14-21-50-36(28)38(47)40-33-5-3-4-30(25-33)6-7-31-24-32(27-39-26-31)37(46)41-51(2,48)34-11-8-29(9-12-34)10-13-35(45)43-17-15-42(16-18-43)19-22-49-23-20-44/h3-5,8-9,11-12,14,21,24-27,44H,10,13,15-20,22-23H2,1-2H3,(H,40,47). The van der Waals surface area contributed by atoms with Gasteiger partial charge in [0.05, 0.1) is 41.4 Å². The van der Waals surface area contributed by atoms with Gasteiger partial charge in [0.15, 0.2) is 5.76 Å². The fourth-order valence-electron chi connectivity index (χ4n) is 5.40.